The van der Waals surface area contributed by atoms with E-state index in [-0.39, 0.29) is 5.91 Å². The van der Waals surface area contributed by atoms with E-state index in [1.54, 1.807) is 24.5 Å². The fourth-order valence-corrected chi connectivity index (χ4v) is 5.35. The summed E-state index contributed by atoms with van der Waals surface area (Å²) in [6.45, 7) is 2.13. The number of carbonyl (C=O) groups is 1. The van der Waals surface area contributed by atoms with Gasteiger partial charge in [-0.1, -0.05) is 30.3 Å². The van der Waals surface area contributed by atoms with Crippen molar-refractivity contribution in [3.05, 3.63) is 90.8 Å². The average Bonchev–Trinajstić information content (AvgIpc) is 3.62. The van der Waals surface area contributed by atoms with Crippen LogP contribution in [-0.4, -0.2) is 44.1 Å². The van der Waals surface area contributed by atoms with Crippen molar-refractivity contribution in [3.8, 4) is 22.6 Å². The van der Waals surface area contributed by atoms with E-state index in [0.717, 1.165) is 57.7 Å². The lowest BCUT2D eigenvalue weighted by molar-refractivity contribution is 0.102. The number of aromatic amines is 2. The van der Waals surface area contributed by atoms with Crippen LogP contribution in [0.4, 0.5) is 11.4 Å². The number of nitrogens with one attached hydrogen (secondary N) is 3. The van der Waals surface area contributed by atoms with E-state index in [1.807, 2.05) is 36.4 Å². The molecular weight excluding hydrogens is 486 g/mol. The zero-order valence-electron chi connectivity index (χ0n) is 21.3. The Morgan fingerprint density at radius 1 is 0.846 bits per heavy atom. The van der Waals surface area contributed by atoms with Gasteiger partial charge in [-0.15, -0.1) is 0 Å². The summed E-state index contributed by atoms with van der Waals surface area (Å²) in [4.78, 5) is 28.0. The second-order valence-electron chi connectivity index (χ2n) is 9.92. The molecule has 0 unspecified atom stereocenters. The normalized spacial score (nSPS) is 13.7. The minimum Gasteiger partial charge on any atom is -0.370 e. The Labute approximate surface area is 225 Å². The standard InChI is InChI=1S/C31H27N7O/c39-31(20-8-3-1-4-9-20)33-23-16-22(18-32-19-23)21-12-13-25-24(17-21)28(37-36-25)30-34-26-10-7-11-27(29(26)35-30)38-14-5-2-6-15-38/h1,3-4,7-13,16-19H,2,5-6,14-15H2,(H,33,39)(H,34,35)(H,36,37). The zero-order chi connectivity index (χ0) is 26.2. The molecule has 4 heterocycles. The van der Waals surface area contributed by atoms with Crippen LogP contribution < -0.4 is 10.2 Å². The first-order valence-electron chi connectivity index (χ1n) is 13.3. The maximum atomic E-state index is 12.6. The zero-order valence-corrected chi connectivity index (χ0v) is 21.3. The third kappa shape index (κ3) is 4.40. The highest BCUT2D eigenvalue weighted by Gasteiger charge is 2.19. The van der Waals surface area contributed by atoms with Crippen LogP contribution in [0, 0.1) is 0 Å². The average molecular weight is 514 g/mol. The molecule has 6 aromatic rings. The second kappa shape index (κ2) is 9.72. The van der Waals surface area contributed by atoms with Crippen LogP contribution in [0.5, 0.6) is 0 Å². The molecule has 7 rings (SSSR count). The van der Waals surface area contributed by atoms with Gasteiger partial charge < -0.3 is 15.2 Å². The smallest absolute Gasteiger partial charge is 0.255 e. The van der Waals surface area contributed by atoms with E-state index < -0.39 is 0 Å². The number of benzene rings is 3. The fourth-order valence-electron chi connectivity index (χ4n) is 5.35. The van der Waals surface area contributed by atoms with E-state index in [2.05, 4.69) is 54.6 Å². The molecule has 1 aliphatic heterocycles. The van der Waals surface area contributed by atoms with E-state index in [9.17, 15) is 4.79 Å². The molecular formula is C31H27N7O. The number of hydrogen-bond acceptors (Lipinski definition) is 5. The van der Waals surface area contributed by atoms with Crippen molar-refractivity contribution in [2.24, 2.45) is 0 Å². The SMILES string of the molecule is O=C(Nc1cncc(-c2ccc3[nH]nc(-c4nc5c(N6CCCCC6)cccc5[nH]4)c3c2)c1)c1ccccc1. The molecule has 192 valence electrons. The number of imidazole rings is 1. The molecule has 0 spiro atoms. The molecule has 3 aromatic heterocycles. The van der Waals surface area contributed by atoms with Gasteiger partial charge in [-0.3, -0.25) is 14.9 Å². The number of nitrogens with zero attached hydrogens (tertiary/aromatic N) is 4. The minimum atomic E-state index is -0.170. The molecule has 3 aromatic carbocycles. The number of aromatic nitrogens is 5. The number of pyridine rings is 1. The molecule has 1 amide bonds. The molecule has 1 saturated heterocycles. The van der Waals surface area contributed by atoms with Gasteiger partial charge in [0, 0.05) is 35.8 Å². The highest BCUT2D eigenvalue weighted by atomic mass is 16.1. The second-order valence-corrected chi connectivity index (χ2v) is 9.92. The largest absolute Gasteiger partial charge is 0.370 e. The summed E-state index contributed by atoms with van der Waals surface area (Å²) in [7, 11) is 0. The van der Waals surface area contributed by atoms with Gasteiger partial charge >= 0.3 is 0 Å². The summed E-state index contributed by atoms with van der Waals surface area (Å²) < 4.78 is 0. The first-order valence-corrected chi connectivity index (χ1v) is 13.3. The summed E-state index contributed by atoms with van der Waals surface area (Å²) in [5.74, 6) is 0.566. The van der Waals surface area contributed by atoms with E-state index in [0.29, 0.717) is 11.3 Å². The monoisotopic (exact) mass is 513 g/mol. The molecule has 0 saturated carbocycles. The number of amides is 1. The van der Waals surface area contributed by atoms with E-state index >= 15 is 0 Å². The lowest BCUT2D eigenvalue weighted by Crippen LogP contribution is -2.29. The minimum absolute atomic E-state index is 0.170. The lowest BCUT2D eigenvalue weighted by Gasteiger charge is -2.28. The molecule has 0 atom stereocenters. The molecule has 8 nitrogen and oxygen atoms in total. The maximum absolute atomic E-state index is 12.6. The van der Waals surface area contributed by atoms with Crippen molar-refractivity contribution in [2.75, 3.05) is 23.3 Å². The molecule has 0 bridgehead atoms. The van der Waals surface area contributed by atoms with Crippen LogP contribution in [0.2, 0.25) is 0 Å². The number of anilines is 2. The third-order valence-corrected chi connectivity index (χ3v) is 7.34. The Balaban J connectivity index is 1.22. The van der Waals surface area contributed by atoms with Crippen molar-refractivity contribution in [1.82, 2.24) is 25.1 Å². The molecule has 8 heteroatoms. The first kappa shape index (κ1) is 23.2. The highest BCUT2D eigenvalue weighted by molar-refractivity contribution is 6.04. The Morgan fingerprint density at radius 2 is 1.72 bits per heavy atom. The molecule has 3 N–H and O–H groups in total. The number of para-hydroxylation sites is 1. The van der Waals surface area contributed by atoms with Crippen LogP contribution in [-0.2, 0) is 0 Å². The maximum Gasteiger partial charge on any atom is 0.255 e. The Bertz CT molecular complexity index is 1800. The van der Waals surface area contributed by atoms with Crippen molar-refractivity contribution in [2.45, 2.75) is 19.3 Å². The Hall–Kier alpha value is -4.98. The topological polar surface area (TPSA) is 103 Å². The van der Waals surface area contributed by atoms with Crippen molar-refractivity contribution >= 4 is 39.2 Å². The van der Waals surface area contributed by atoms with Gasteiger partial charge in [-0.2, -0.15) is 5.10 Å². The summed E-state index contributed by atoms with van der Waals surface area (Å²) >= 11 is 0. The van der Waals surface area contributed by atoms with Gasteiger partial charge in [0.15, 0.2) is 5.82 Å². The van der Waals surface area contributed by atoms with Crippen LogP contribution in [0.15, 0.2) is 85.2 Å². The molecule has 0 aliphatic carbocycles. The van der Waals surface area contributed by atoms with Crippen molar-refractivity contribution in [3.63, 3.8) is 0 Å². The molecule has 1 aliphatic rings. The van der Waals surface area contributed by atoms with Crippen LogP contribution in [0.1, 0.15) is 29.6 Å². The Morgan fingerprint density at radius 3 is 2.59 bits per heavy atom. The number of rotatable bonds is 5. The summed E-state index contributed by atoms with van der Waals surface area (Å²) in [6, 6.07) is 23.5. The Kier molecular flexibility index (Phi) is 5.77. The first-order chi connectivity index (χ1) is 19.2. The van der Waals surface area contributed by atoms with Crippen molar-refractivity contribution in [1.29, 1.82) is 0 Å². The van der Waals surface area contributed by atoms with Gasteiger partial charge in [0.2, 0.25) is 0 Å². The predicted octanol–water partition coefficient (Wildman–Crippen LogP) is 6.41. The lowest BCUT2D eigenvalue weighted by atomic mass is 10.0. The van der Waals surface area contributed by atoms with Crippen molar-refractivity contribution < 1.29 is 4.79 Å². The van der Waals surface area contributed by atoms with Gasteiger partial charge in [-0.05, 0) is 67.3 Å². The summed E-state index contributed by atoms with van der Waals surface area (Å²) in [5.41, 5.74) is 7.96. The van der Waals surface area contributed by atoms with Crippen LogP contribution >= 0.6 is 0 Å². The molecule has 0 radical (unpaired) electrons. The summed E-state index contributed by atoms with van der Waals surface area (Å²) in [5, 5.41) is 11.7. The number of fused-ring (bicyclic) bond motifs is 2. The van der Waals surface area contributed by atoms with Gasteiger partial charge in [0.05, 0.1) is 28.6 Å². The quantitative estimate of drug-likeness (QED) is 0.247. The van der Waals surface area contributed by atoms with E-state index in [1.165, 1.54) is 24.9 Å². The number of hydrogen-bond donors (Lipinski definition) is 3. The van der Waals surface area contributed by atoms with Gasteiger partial charge in [0.1, 0.15) is 11.2 Å². The van der Waals surface area contributed by atoms with E-state index in [4.69, 9.17) is 4.98 Å². The van der Waals surface area contributed by atoms with Gasteiger partial charge in [0.25, 0.3) is 5.91 Å². The molecule has 39 heavy (non-hydrogen) atoms. The van der Waals surface area contributed by atoms with Crippen LogP contribution in [0.3, 0.4) is 0 Å². The number of carbonyl (C=O) groups excluding carboxylic acids is 1. The molecule has 1 fully saturated rings. The van der Waals surface area contributed by atoms with Gasteiger partial charge in [-0.25, -0.2) is 4.98 Å². The number of H-pyrrole nitrogens is 2. The highest BCUT2D eigenvalue weighted by Crippen LogP contribution is 2.33. The number of piperidine rings is 1. The van der Waals surface area contributed by atoms with Crippen LogP contribution in [0.25, 0.3) is 44.6 Å². The predicted molar refractivity (Wildman–Crippen MR) is 155 cm³/mol. The fraction of sp³-hybridized carbons (Fsp3) is 0.161. The summed E-state index contributed by atoms with van der Waals surface area (Å²) in [6.07, 6.45) is 7.17. The third-order valence-electron chi connectivity index (χ3n) is 7.34.